The Labute approximate surface area is 126 Å². The molecule has 1 aromatic rings. The van der Waals surface area contributed by atoms with Crippen molar-refractivity contribution in [2.45, 2.75) is 32.2 Å². The molecule has 21 heavy (non-hydrogen) atoms. The van der Waals surface area contributed by atoms with Crippen molar-refractivity contribution in [2.24, 2.45) is 0 Å². The number of hydrogen-bond donors (Lipinski definition) is 1. The van der Waals surface area contributed by atoms with Gasteiger partial charge in [-0.1, -0.05) is 12.5 Å². The summed E-state index contributed by atoms with van der Waals surface area (Å²) in [6.45, 7) is 5.59. The largest absolute Gasteiger partial charge is 0.481 e. The Balaban J connectivity index is 1.83. The molecule has 2 heterocycles. The third-order valence-electron chi connectivity index (χ3n) is 3.93. The van der Waals surface area contributed by atoms with E-state index in [9.17, 15) is 4.79 Å². The highest BCUT2D eigenvalue weighted by Gasteiger charge is 2.13. The maximum Gasteiger partial charge on any atom is 0.304 e. The zero-order valence-corrected chi connectivity index (χ0v) is 12.6. The van der Waals surface area contributed by atoms with E-state index >= 15 is 0 Å². The van der Waals surface area contributed by atoms with E-state index in [-0.39, 0.29) is 6.42 Å². The molecule has 0 spiro atoms. The van der Waals surface area contributed by atoms with Crippen LogP contribution >= 0.6 is 0 Å². The van der Waals surface area contributed by atoms with Crippen LogP contribution in [-0.2, 0) is 11.3 Å². The summed E-state index contributed by atoms with van der Waals surface area (Å²) in [6, 6.07) is 5.87. The predicted octanol–water partition coefficient (Wildman–Crippen LogP) is 1.84. The normalized spacial score (nSPS) is 16.2. The van der Waals surface area contributed by atoms with Gasteiger partial charge >= 0.3 is 5.97 Å². The molecular formula is C16H25N3O2. The van der Waals surface area contributed by atoms with Crippen LogP contribution < -0.4 is 0 Å². The first-order chi connectivity index (χ1) is 10.2. The number of rotatable bonds is 8. The molecule has 0 aromatic carbocycles. The van der Waals surface area contributed by atoms with Crippen LogP contribution in [0, 0.1) is 0 Å². The second kappa shape index (κ2) is 8.74. The summed E-state index contributed by atoms with van der Waals surface area (Å²) >= 11 is 0. The molecule has 0 amide bonds. The van der Waals surface area contributed by atoms with Crippen molar-refractivity contribution in [3.05, 3.63) is 30.1 Å². The summed E-state index contributed by atoms with van der Waals surface area (Å²) in [6.07, 6.45) is 5.89. The standard InChI is InChI=1S/C16H25N3O2/c20-16(21)7-11-19(14-15-6-2-3-8-17-15)13-12-18-9-4-1-5-10-18/h2-3,6,8H,1,4-5,7,9-14H2,(H,20,21). The van der Waals surface area contributed by atoms with E-state index in [1.54, 1.807) is 6.20 Å². The van der Waals surface area contributed by atoms with Gasteiger partial charge in [0.05, 0.1) is 12.1 Å². The molecule has 1 saturated heterocycles. The molecular weight excluding hydrogens is 266 g/mol. The van der Waals surface area contributed by atoms with Gasteiger partial charge in [-0.3, -0.25) is 14.7 Å². The van der Waals surface area contributed by atoms with E-state index in [1.165, 1.54) is 32.4 Å². The van der Waals surface area contributed by atoms with Crippen LogP contribution in [0.15, 0.2) is 24.4 Å². The second-order valence-corrected chi connectivity index (χ2v) is 5.64. The third-order valence-corrected chi connectivity index (χ3v) is 3.93. The Hall–Kier alpha value is -1.46. The number of nitrogens with zero attached hydrogens (tertiary/aromatic N) is 3. The maximum atomic E-state index is 10.8. The quantitative estimate of drug-likeness (QED) is 0.792. The van der Waals surface area contributed by atoms with Crippen LogP contribution in [0.25, 0.3) is 0 Å². The lowest BCUT2D eigenvalue weighted by Gasteiger charge is -2.29. The van der Waals surface area contributed by atoms with E-state index < -0.39 is 5.97 Å². The fourth-order valence-corrected chi connectivity index (χ4v) is 2.71. The molecule has 0 atom stereocenters. The molecule has 0 unspecified atom stereocenters. The van der Waals surface area contributed by atoms with Gasteiger partial charge in [-0.25, -0.2) is 0 Å². The lowest BCUT2D eigenvalue weighted by molar-refractivity contribution is -0.137. The Morgan fingerprint density at radius 2 is 2.05 bits per heavy atom. The molecule has 0 radical (unpaired) electrons. The third kappa shape index (κ3) is 6.23. The second-order valence-electron chi connectivity index (χ2n) is 5.64. The van der Waals surface area contributed by atoms with Crippen LogP contribution in [0.3, 0.4) is 0 Å². The minimum atomic E-state index is -0.737. The summed E-state index contributed by atoms with van der Waals surface area (Å²) in [7, 11) is 0. The molecule has 0 bridgehead atoms. The average molecular weight is 291 g/mol. The van der Waals surface area contributed by atoms with E-state index in [2.05, 4.69) is 14.8 Å². The van der Waals surface area contributed by atoms with Crippen LogP contribution in [-0.4, -0.2) is 58.6 Å². The first-order valence-corrected chi connectivity index (χ1v) is 7.80. The van der Waals surface area contributed by atoms with Crippen LogP contribution in [0.1, 0.15) is 31.4 Å². The molecule has 0 saturated carbocycles. The number of pyridine rings is 1. The monoisotopic (exact) mass is 291 g/mol. The number of aliphatic carboxylic acids is 1. The summed E-state index contributed by atoms with van der Waals surface area (Å²) in [5.74, 6) is -0.737. The van der Waals surface area contributed by atoms with Gasteiger partial charge in [-0.05, 0) is 38.1 Å². The Morgan fingerprint density at radius 1 is 1.24 bits per heavy atom. The molecule has 1 N–H and O–H groups in total. The minimum absolute atomic E-state index is 0.187. The molecule has 0 aliphatic carbocycles. The lowest BCUT2D eigenvalue weighted by Crippen LogP contribution is -2.38. The van der Waals surface area contributed by atoms with E-state index in [1.807, 2.05) is 18.2 Å². The van der Waals surface area contributed by atoms with Gasteiger partial charge in [-0.15, -0.1) is 0 Å². The predicted molar refractivity (Wildman–Crippen MR) is 82.1 cm³/mol. The SMILES string of the molecule is O=C(O)CCN(CCN1CCCCC1)Cc1ccccn1. The maximum absolute atomic E-state index is 10.8. The van der Waals surface area contributed by atoms with Crippen LogP contribution in [0.5, 0.6) is 0 Å². The van der Waals surface area contributed by atoms with Gasteiger partial charge < -0.3 is 10.0 Å². The van der Waals surface area contributed by atoms with E-state index in [4.69, 9.17) is 5.11 Å². The minimum Gasteiger partial charge on any atom is -0.481 e. The van der Waals surface area contributed by atoms with E-state index in [0.717, 1.165) is 25.3 Å². The van der Waals surface area contributed by atoms with Crippen molar-refractivity contribution < 1.29 is 9.90 Å². The molecule has 1 fully saturated rings. The van der Waals surface area contributed by atoms with Crippen molar-refractivity contribution in [2.75, 3.05) is 32.7 Å². The van der Waals surface area contributed by atoms with Gasteiger partial charge in [0.2, 0.25) is 0 Å². The Bertz CT molecular complexity index is 419. The van der Waals surface area contributed by atoms with Gasteiger partial charge in [0.15, 0.2) is 0 Å². The number of carbonyl (C=O) groups is 1. The first-order valence-electron chi connectivity index (χ1n) is 7.80. The lowest BCUT2D eigenvalue weighted by atomic mass is 10.1. The number of hydrogen-bond acceptors (Lipinski definition) is 4. The molecule has 2 rings (SSSR count). The van der Waals surface area contributed by atoms with Gasteiger partial charge in [0.1, 0.15) is 0 Å². The van der Waals surface area contributed by atoms with Gasteiger partial charge in [0, 0.05) is 32.4 Å². The van der Waals surface area contributed by atoms with Crippen LogP contribution in [0.4, 0.5) is 0 Å². The summed E-state index contributed by atoms with van der Waals surface area (Å²) in [4.78, 5) is 19.8. The fraction of sp³-hybridized carbons (Fsp3) is 0.625. The first kappa shape index (κ1) is 15.9. The molecule has 5 nitrogen and oxygen atoms in total. The zero-order valence-electron chi connectivity index (χ0n) is 12.6. The van der Waals surface area contributed by atoms with Crippen molar-refractivity contribution >= 4 is 5.97 Å². The topological polar surface area (TPSA) is 56.7 Å². The molecule has 116 valence electrons. The summed E-state index contributed by atoms with van der Waals surface area (Å²) in [5.41, 5.74) is 1.00. The molecule has 1 aliphatic heterocycles. The van der Waals surface area contributed by atoms with E-state index in [0.29, 0.717) is 6.54 Å². The van der Waals surface area contributed by atoms with Gasteiger partial charge in [0.25, 0.3) is 0 Å². The smallest absolute Gasteiger partial charge is 0.304 e. The highest BCUT2D eigenvalue weighted by atomic mass is 16.4. The summed E-state index contributed by atoms with van der Waals surface area (Å²) in [5, 5.41) is 8.89. The number of likely N-dealkylation sites (tertiary alicyclic amines) is 1. The Morgan fingerprint density at radius 3 is 2.71 bits per heavy atom. The van der Waals surface area contributed by atoms with Crippen molar-refractivity contribution in [3.63, 3.8) is 0 Å². The highest BCUT2D eigenvalue weighted by Crippen LogP contribution is 2.09. The molecule has 1 aromatic heterocycles. The number of aromatic nitrogens is 1. The van der Waals surface area contributed by atoms with Crippen LogP contribution in [0.2, 0.25) is 0 Å². The van der Waals surface area contributed by atoms with Crippen molar-refractivity contribution in [1.82, 2.24) is 14.8 Å². The van der Waals surface area contributed by atoms with Gasteiger partial charge in [-0.2, -0.15) is 0 Å². The summed E-state index contributed by atoms with van der Waals surface area (Å²) < 4.78 is 0. The fourth-order valence-electron chi connectivity index (χ4n) is 2.71. The van der Waals surface area contributed by atoms with Crippen molar-refractivity contribution in [3.8, 4) is 0 Å². The highest BCUT2D eigenvalue weighted by molar-refractivity contribution is 5.66. The number of carboxylic acid groups (broad SMARTS) is 1. The van der Waals surface area contributed by atoms with Crippen molar-refractivity contribution in [1.29, 1.82) is 0 Å². The Kier molecular flexibility index (Phi) is 6.63. The zero-order chi connectivity index (χ0) is 14.9. The average Bonchev–Trinajstić information content (AvgIpc) is 2.52. The number of piperidine rings is 1. The number of carboxylic acids is 1. The molecule has 5 heteroatoms. The molecule has 1 aliphatic rings.